The average molecular weight is 389 g/mol. The Kier molecular flexibility index (Phi) is 5.38. The van der Waals surface area contributed by atoms with Gasteiger partial charge in [-0.1, -0.05) is 50.2 Å². The SMILES string of the molecule is Cc1cccc(C(C)C)c1N1CCN(C(=O)Nc2cccc3cccnc23)CC1. The minimum atomic E-state index is -0.0586. The highest BCUT2D eigenvalue weighted by atomic mass is 16.2. The molecule has 29 heavy (non-hydrogen) atoms. The third-order valence-electron chi connectivity index (χ3n) is 5.65. The molecule has 1 aromatic heterocycles. The van der Waals surface area contributed by atoms with E-state index in [4.69, 9.17) is 0 Å². The van der Waals surface area contributed by atoms with Crippen molar-refractivity contribution in [2.75, 3.05) is 36.4 Å². The average Bonchev–Trinajstić information content (AvgIpc) is 2.74. The summed E-state index contributed by atoms with van der Waals surface area (Å²) in [4.78, 5) is 21.6. The van der Waals surface area contributed by atoms with Crippen LogP contribution in [0.25, 0.3) is 10.9 Å². The lowest BCUT2D eigenvalue weighted by atomic mass is 9.97. The normalized spacial score (nSPS) is 14.5. The number of fused-ring (bicyclic) bond motifs is 1. The van der Waals surface area contributed by atoms with Gasteiger partial charge in [-0.3, -0.25) is 4.98 Å². The minimum absolute atomic E-state index is 0.0586. The molecule has 1 aliphatic rings. The first-order valence-corrected chi connectivity index (χ1v) is 10.3. The summed E-state index contributed by atoms with van der Waals surface area (Å²) >= 11 is 0. The maximum Gasteiger partial charge on any atom is 0.322 e. The molecule has 1 N–H and O–H groups in total. The number of anilines is 2. The van der Waals surface area contributed by atoms with Crippen molar-refractivity contribution in [1.82, 2.24) is 9.88 Å². The molecule has 0 unspecified atom stereocenters. The van der Waals surface area contributed by atoms with Crippen molar-refractivity contribution >= 4 is 28.3 Å². The Balaban J connectivity index is 1.46. The van der Waals surface area contributed by atoms with Crippen LogP contribution in [0.1, 0.15) is 30.9 Å². The third-order valence-corrected chi connectivity index (χ3v) is 5.65. The molecule has 1 aliphatic heterocycles. The Morgan fingerprint density at radius 2 is 1.72 bits per heavy atom. The number of hydrogen-bond acceptors (Lipinski definition) is 3. The van der Waals surface area contributed by atoms with Gasteiger partial charge in [0.2, 0.25) is 0 Å². The molecule has 2 heterocycles. The summed E-state index contributed by atoms with van der Waals surface area (Å²) in [5.41, 5.74) is 5.60. The number of aryl methyl sites for hydroxylation is 1. The number of rotatable bonds is 3. The number of nitrogens with one attached hydrogen (secondary N) is 1. The fourth-order valence-electron chi connectivity index (χ4n) is 4.11. The molecule has 0 radical (unpaired) electrons. The summed E-state index contributed by atoms with van der Waals surface area (Å²) in [6, 6.07) is 16.2. The number of piperazine rings is 1. The number of benzene rings is 2. The van der Waals surface area contributed by atoms with E-state index in [2.05, 4.69) is 54.2 Å². The molecule has 150 valence electrons. The Morgan fingerprint density at radius 3 is 2.48 bits per heavy atom. The van der Waals surface area contributed by atoms with E-state index in [0.717, 1.165) is 29.7 Å². The lowest BCUT2D eigenvalue weighted by Crippen LogP contribution is -2.50. The van der Waals surface area contributed by atoms with Crippen molar-refractivity contribution in [3.63, 3.8) is 0 Å². The van der Waals surface area contributed by atoms with Gasteiger partial charge >= 0.3 is 6.03 Å². The van der Waals surface area contributed by atoms with Crippen LogP contribution in [0.3, 0.4) is 0 Å². The fourth-order valence-corrected chi connectivity index (χ4v) is 4.11. The maximum absolute atomic E-state index is 12.9. The number of urea groups is 1. The lowest BCUT2D eigenvalue weighted by molar-refractivity contribution is 0.208. The van der Waals surface area contributed by atoms with E-state index < -0.39 is 0 Å². The number of para-hydroxylation sites is 2. The fraction of sp³-hybridized carbons (Fsp3) is 0.333. The first kappa shape index (κ1) is 19.2. The predicted octanol–water partition coefficient (Wildman–Crippen LogP) is 5.02. The topological polar surface area (TPSA) is 48.5 Å². The van der Waals surface area contributed by atoms with Crippen LogP contribution in [0.5, 0.6) is 0 Å². The van der Waals surface area contributed by atoms with Crippen molar-refractivity contribution in [1.29, 1.82) is 0 Å². The second-order valence-corrected chi connectivity index (χ2v) is 7.95. The van der Waals surface area contributed by atoms with Gasteiger partial charge in [0.05, 0.1) is 11.2 Å². The summed E-state index contributed by atoms with van der Waals surface area (Å²) in [6.45, 7) is 9.73. The molecule has 3 aromatic rings. The highest BCUT2D eigenvalue weighted by Crippen LogP contribution is 2.31. The van der Waals surface area contributed by atoms with Gasteiger partial charge in [0, 0.05) is 43.4 Å². The van der Waals surface area contributed by atoms with Crippen LogP contribution >= 0.6 is 0 Å². The smallest absolute Gasteiger partial charge is 0.322 e. The molecule has 0 aliphatic carbocycles. The van der Waals surface area contributed by atoms with E-state index in [9.17, 15) is 4.79 Å². The lowest BCUT2D eigenvalue weighted by Gasteiger charge is -2.38. The number of carbonyl (C=O) groups is 1. The monoisotopic (exact) mass is 388 g/mol. The number of hydrogen-bond donors (Lipinski definition) is 1. The van der Waals surface area contributed by atoms with E-state index in [0.29, 0.717) is 19.0 Å². The molecule has 4 rings (SSSR count). The first-order valence-electron chi connectivity index (χ1n) is 10.3. The highest BCUT2D eigenvalue weighted by Gasteiger charge is 2.24. The summed E-state index contributed by atoms with van der Waals surface area (Å²) in [6.07, 6.45) is 1.76. The molecule has 0 bridgehead atoms. The van der Waals surface area contributed by atoms with Crippen LogP contribution in [-0.4, -0.2) is 42.1 Å². The molecule has 5 heteroatoms. The molecule has 2 amide bonds. The number of carbonyl (C=O) groups excluding carboxylic acids is 1. The van der Waals surface area contributed by atoms with E-state index in [-0.39, 0.29) is 6.03 Å². The molecule has 1 saturated heterocycles. The largest absolute Gasteiger partial charge is 0.368 e. The van der Waals surface area contributed by atoms with Crippen molar-refractivity contribution in [2.24, 2.45) is 0 Å². The Morgan fingerprint density at radius 1 is 1.00 bits per heavy atom. The molecule has 0 atom stereocenters. The van der Waals surface area contributed by atoms with Crippen LogP contribution in [-0.2, 0) is 0 Å². The van der Waals surface area contributed by atoms with Gasteiger partial charge in [-0.15, -0.1) is 0 Å². The summed E-state index contributed by atoms with van der Waals surface area (Å²) in [7, 11) is 0. The summed E-state index contributed by atoms with van der Waals surface area (Å²) < 4.78 is 0. The van der Waals surface area contributed by atoms with Crippen LogP contribution in [0.4, 0.5) is 16.2 Å². The van der Waals surface area contributed by atoms with E-state index in [1.54, 1.807) is 6.20 Å². The molecule has 5 nitrogen and oxygen atoms in total. The summed E-state index contributed by atoms with van der Waals surface area (Å²) in [5.74, 6) is 0.477. The predicted molar refractivity (Wildman–Crippen MR) is 120 cm³/mol. The van der Waals surface area contributed by atoms with E-state index in [1.165, 1.54) is 16.8 Å². The second-order valence-electron chi connectivity index (χ2n) is 7.95. The van der Waals surface area contributed by atoms with Crippen molar-refractivity contribution < 1.29 is 4.79 Å². The third kappa shape index (κ3) is 3.90. The van der Waals surface area contributed by atoms with Gasteiger partial charge in [0.15, 0.2) is 0 Å². The molecular formula is C24H28N4O. The first-order chi connectivity index (χ1) is 14.0. The zero-order valence-electron chi connectivity index (χ0n) is 17.4. The van der Waals surface area contributed by atoms with Gasteiger partial charge in [0.1, 0.15) is 0 Å². The molecule has 2 aromatic carbocycles. The Bertz CT molecular complexity index is 1020. The van der Waals surface area contributed by atoms with Gasteiger partial charge in [0.25, 0.3) is 0 Å². The molecule has 1 fully saturated rings. The zero-order valence-corrected chi connectivity index (χ0v) is 17.4. The standard InChI is InChI=1S/C24H28N4O/c1-17(2)20-10-4-7-18(3)23(20)27-13-15-28(16-14-27)24(29)26-21-11-5-8-19-9-6-12-25-22(19)21/h4-12,17H,13-16H2,1-3H3,(H,26,29). The maximum atomic E-state index is 12.9. The van der Waals surface area contributed by atoms with Gasteiger partial charge in [-0.05, 0) is 36.1 Å². The highest BCUT2D eigenvalue weighted by molar-refractivity contribution is 5.99. The van der Waals surface area contributed by atoms with E-state index in [1.807, 2.05) is 35.2 Å². The number of pyridine rings is 1. The Hall–Kier alpha value is -3.08. The number of nitrogens with zero attached hydrogens (tertiary/aromatic N) is 3. The van der Waals surface area contributed by atoms with Gasteiger partial charge in [-0.25, -0.2) is 4.79 Å². The molecule has 0 spiro atoms. The second kappa shape index (κ2) is 8.11. The number of amides is 2. The number of aromatic nitrogens is 1. The van der Waals surface area contributed by atoms with Crippen molar-refractivity contribution in [3.8, 4) is 0 Å². The van der Waals surface area contributed by atoms with Crippen LogP contribution < -0.4 is 10.2 Å². The van der Waals surface area contributed by atoms with Crippen LogP contribution in [0.15, 0.2) is 54.7 Å². The zero-order chi connectivity index (χ0) is 20.4. The van der Waals surface area contributed by atoms with Gasteiger partial charge in [-0.2, -0.15) is 0 Å². The van der Waals surface area contributed by atoms with Gasteiger partial charge < -0.3 is 15.1 Å². The summed E-state index contributed by atoms with van der Waals surface area (Å²) in [5, 5.41) is 4.08. The molecular weight excluding hydrogens is 360 g/mol. The van der Waals surface area contributed by atoms with Crippen molar-refractivity contribution in [2.45, 2.75) is 26.7 Å². The van der Waals surface area contributed by atoms with Crippen LogP contribution in [0, 0.1) is 6.92 Å². The van der Waals surface area contributed by atoms with Crippen LogP contribution in [0.2, 0.25) is 0 Å². The quantitative estimate of drug-likeness (QED) is 0.685. The minimum Gasteiger partial charge on any atom is -0.368 e. The Labute approximate surface area is 172 Å². The molecule has 0 saturated carbocycles. The van der Waals surface area contributed by atoms with Crippen molar-refractivity contribution in [3.05, 3.63) is 65.9 Å². The van der Waals surface area contributed by atoms with E-state index >= 15 is 0 Å².